The number of methoxy groups -OCH3 is 2. The molecule has 6 nitrogen and oxygen atoms in total. The summed E-state index contributed by atoms with van der Waals surface area (Å²) in [5.74, 6) is 0.985. The Morgan fingerprint density at radius 3 is 2.14 bits per heavy atom. The monoisotopic (exact) mass is 487 g/mol. The van der Waals surface area contributed by atoms with Crippen molar-refractivity contribution in [3.63, 3.8) is 0 Å². The van der Waals surface area contributed by atoms with Crippen molar-refractivity contribution in [1.29, 1.82) is 0 Å². The lowest BCUT2D eigenvalue weighted by atomic mass is 10.0. The van der Waals surface area contributed by atoms with Gasteiger partial charge in [-0.1, -0.05) is 12.1 Å². The van der Waals surface area contributed by atoms with Crippen LogP contribution in [0.15, 0.2) is 60.7 Å². The van der Waals surface area contributed by atoms with Gasteiger partial charge in [-0.15, -0.1) is 13.2 Å². The molecule has 1 aliphatic rings. The van der Waals surface area contributed by atoms with Crippen molar-refractivity contribution in [3.8, 4) is 28.6 Å². The molecule has 1 aliphatic heterocycles. The van der Waals surface area contributed by atoms with Crippen molar-refractivity contribution < 1.29 is 27.4 Å². The van der Waals surface area contributed by atoms with Gasteiger partial charge in [0.1, 0.15) is 11.5 Å². The zero-order valence-electron chi connectivity index (χ0n) is 19.9. The number of pyridine rings is 1. The second kappa shape index (κ2) is 10.4. The summed E-state index contributed by atoms with van der Waals surface area (Å²) in [7, 11) is 5.30. The minimum Gasteiger partial charge on any atom is -0.497 e. The third-order valence-corrected chi connectivity index (χ3v) is 6.19. The first kappa shape index (κ1) is 24.7. The van der Waals surface area contributed by atoms with Gasteiger partial charge in [0.25, 0.3) is 0 Å². The van der Waals surface area contributed by atoms with E-state index in [1.165, 1.54) is 24.8 Å². The molecular formula is C26H28F3N3O3. The molecule has 0 spiro atoms. The molecule has 1 aromatic heterocycles. The van der Waals surface area contributed by atoms with Gasteiger partial charge in [0.05, 0.1) is 25.6 Å². The van der Waals surface area contributed by atoms with E-state index in [9.17, 15) is 13.2 Å². The number of halogens is 3. The van der Waals surface area contributed by atoms with Crippen LogP contribution in [0.3, 0.4) is 0 Å². The van der Waals surface area contributed by atoms with Crippen LogP contribution in [0.5, 0.6) is 17.4 Å². The summed E-state index contributed by atoms with van der Waals surface area (Å²) in [6, 6.07) is 17.9. The molecule has 35 heavy (non-hydrogen) atoms. The number of rotatable bonds is 6. The lowest BCUT2D eigenvalue weighted by Crippen LogP contribution is -2.29. The molecule has 1 atom stereocenters. The summed E-state index contributed by atoms with van der Waals surface area (Å²) >= 11 is 0. The highest BCUT2D eigenvalue weighted by Crippen LogP contribution is 2.35. The first-order valence-corrected chi connectivity index (χ1v) is 11.3. The summed E-state index contributed by atoms with van der Waals surface area (Å²) in [6.45, 7) is 2.40. The fourth-order valence-corrected chi connectivity index (χ4v) is 4.36. The molecule has 0 bridgehead atoms. The van der Waals surface area contributed by atoms with Crippen molar-refractivity contribution in [3.05, 3.63) is 66.2 Å². The number of hydrogen-bond acceptors (Lipinski definition) is 6. The van der Waals surface area contributed by atoms with Gasteiger partial charge >= 0.3 is 6.36 Å². The first-order chi connectivity index (χ1) is 16.8. The quantitative estimate of drug-likeness (QED) is 0.455. The fraction of sp³-hybridized carbons (Fsp3) is 0.346. The molecule has 0 saturated carbocycles. The zero-order chi connectivity index (χ0) is 25.0. The van der Waals surface area contributed by atoms with Crippen LogP contribution in [0.25, 0.3) is 11.3 Å². The van der Waals surface area contributed by atoms with E-state index in [2.05, 4.69) is 38.7 Å². The summed E-state index contributed by atoms with van der Waals surface area (Å²) in [4.78, 5) is 9.23. The Balaban J connectivity index is 1.60. The molecule has 2 heterocycles. The maximum Gasteiger partial charge on any atom is 0.573 e. The van der Waals surface area contributed by atoms with Crippen LogP contribution in [-0.4, -0.2) is 57.1 Å². The van der Waals surface area contributed by atoms with Gasteiger partial charge < -0.3 is 19.1 Å². The van der Waals surface area contributed by atoms with Crippen LogP contribution in [0.4, 0.5) is 18.9 Å². The van der Waals surface area contributed by atoms with E-state index in [-0.39, 0.29) is 11.8 Å². The molecule has 1 unspecified atom stereocenters. The Morgan fingerprint density at radius 1 is 0.829 bits per heavy atom. The molecule has 0 N–H and O–H groups in total. The van der Waals surface area contributed by atoms with E-state index >= 15 is 0 Å². The second-order valence-corrected chi connectivity index (χ2v) is 8.34. The van der Waals surface area contributed by atoms with Gasteiger partial charge in [-0.3, -0.25) is 4.90 Å². The topological polar surface area (TPSA) is 47.1 Å². The van der Waals surface area contributed by atoms with Gasteiger partial charge in [-0.2, -0.15) is 0 Å². The van der Waals surface area contributed by atoms with Crippen molar-refractivity contribution in [2.24, 2.45) is 0 Å². The Bertz CT molecular complexity index is 1120. The Hall–Kier alpha value is -3.46. The van der Waals surface area contributed by atoms with E-state index < -0.39 is 6.36 Å². The van der Waals surface area contributed by atoms with Gasteiger partial charge in [0.2, 0.25) is 5.88 Å². The minimum atomic E-state index is -4.74. The number of benzene rings is 2. The molecule has 3 aromatic rings. The van der Waals surface area contributed by atoms with Gasteiger partial charge in [0, 0.05) is 37.3 Å². The molecular weight excluding hydrogens is 459 g/mol. The Kier molecular flexibility index (Phi) is 7.35. The number of nitrogens with zero attached hydrogens (tertiary/aromatic N) is 3. The highest BCUT2D eigenvalue weighted by molar-refractivity contribution is 5.76. The van der Waals surface area contributed by atoms with Crippen LogP contribution in [0, 0.1) is 0 Å². The third kappa shape index (κ3) is 5.97. The van der Waals surface area contributed by atoms with Crippen molar-refractivity contribution >= 4 is 5.69 Å². The minimum absolute atomic E-state index is 0.249. The number of likely N-dealkylation sites (N-methyl/N-ethyl adjacent to an activating group) is 1. The fourth-order valence-electron chi connectivity index (χ4n) is 4.36. The maximum absolute atomic E-state index is 12.6. The van der Waals surface area contributed by atoms with Crippen LogP contribution in [0.1, 0.15) is 18.0 Å². The summed E-state index contributed by atoms with van der Waals surface area (Å²) in [6.07, 6.45) is -3.84. The number of alkyl halides is 3. The van der Waals surface area contributed by atoms with Crippen molar-refractivity contribution in [1.82, 2.24) is 9.88 Å². The molecule has 9 heteroatoms. The van der Waals surface area contributed by atoms with E-state index in [0.29, 0.717) is 17.1 Å². The first-order valence-electron chi connectivity index (χ1n) is 11.3. The predicted octanol–water partition coefficient (Wildman–Crippen LogP) is 5.55. The predicted molar refractivity (Wildman–Crippen MR) is 128 cm³/mol. The van der Waals surface area contributed by atoms with Crippen LogP contribution in [0.2, 0.25) is 0 Å². The van der Waals surface area contributed by atoms with Gasteiger partial charge in [0.15, 0.2) is 0 Å². The highest BCUT2D eigenvalue weighted by atomic mass is 19.4. The highest BCUT2D eigenvalue weighted by Gasteiger charge is 2.31. The lowest BCUT2D eigenvalue weighted by Gasteiger charge is -2.25. The van der Waals surface area contributed by atoms with Gasteiger partial charge in [-0.25, -0.2) is 4.98 Å². The Labute approximate surface area is 202 Å². The zero-order valence-corrected chi connectivity index (χ0v) is 19.9. The average Bonchev–Trinajstić information content (AvgIpc) is 3.05. The maximum atomic E-state index is 12.6. The van der Waals surface area contributed by atoms with E-state index in [1.807, 2.05) is 18.2 Å². The molecule has 4 rings (SSSR count). The standard InChI is InChI=1S/C26H28F3N3O3/c1-31-16-17-32(15-14-22(31)18-4-8-20(33-2)9-5-18)23-12-13-24(34-3)30-25(23)19-6-10-21(11-7-19)35-26(27,28)29/h4-13,22H,14-17H2,1-3H3. The van der Waals surface area contributed by atoms with Crippen molar-refractivity contribution in [2.45, 2.75) is 18.8 Å². The molecule has 186 valence electrons. The van der Waals surface area contributed by atoms with Crippen molar-refractivity contribution in [2.75, 3.05) is 45.8 Å². The molecule has 0 aliphatic carbocycles. The normalized spacial score (nSPS) is 17.1. The summed E-state index contributed by atoms with van der Waals surface area (Å²) in [5, 5.41) is 0. The molecule has 1 saturated heterocycles. The van der Waals surface area contributed by atoms with E-state index in [4.69, 9.17) is 9.47 Å². The van der Waals surface area contributed by atoms with E-state index in [0.717, 1.165) is 37.5 Å². The number of anilines is 1. The molecule has 1 fully saturated rings. The molecule has 0 amide bonds. The number of ether oxygens (including phenoxy) is 3. The molecule has 2 aromatic carbocycles. The number of hydrogen-bond donors (Lipinski definition) is 0. The SMILES string of the molecule is COc1ccc(C2CCN(c3ccc(OC)nc3-c3ccc(OC(F)(F)F)cc3)CCN2C)cc1. The summed E-state index contributed by atoms with van der Waals surface area (Å²) in [5.41, 5.74) is 3.45. The second-order valence-electron chi connectivity index (χ2n) is 8.34. The molecule has 0 radical (unpaired) electrons. The summed E-state index contributed by atoms with van der Waals surface area (Å²) < 4.78 is 52.3. The van der Waals surface area contributed by atoms with Gasteiger partial charge in [-0.05, 0) is 61.5 Å². The van der Waals surface area contributed by atoms with Crippen LogP contribution >= 0.6 is 0 Å². The lowest BCUT2D eigenvalue weighted by molar-refractivity contribution is -0.274. The Morgan fingerprint density at radius 2 is 1.51 bits per heavy atom. The number of aromatic nitrogens is 1. The third-order valence-electron chi connectivity index (χ3n) is 6.19. The smallest absolute Gasteiger partial charge is 0.497 e. The largest absolute Gasteiger partial charge is 0.573 e. The average molecular weight is 488 g/mol. The van der Waals surface area contributed by atoms with E-state index in [1.54, 1.807) is 25.3 Å². The van der Waals surface area contributed by atoms with Crippen LogP contribution in [-0.2, 0) is 0 Å². The van der Waals surface area contributed by atoms with Crippen LogP contribution < -0.4 is 19.1 Å².